The molecule has 102 valence electrons. The van der Waals surface area contributed by atoms with Crippen LogP contribution >= 0.6 is 0 Å². The molecule has 6 heteroatoms. The van der Waals surface area contributed by atoms with E-state index in [4.69, 9.17) is 11.0 Å². The van der Waals surface area contributed by atoms with Crippen molar-refractivity contribution in [1.82, 2.24) is 0 Å². The minimum atomic E-state index is -1.13. The van der Waals surface area contributed by atoms with Crippen molar-refractivity contribution >= 4 is 5.97 Å². The molecule has 3 N–H and O–H groups in total. The summed E-state index contributed by atoms with van der Waals surface area (Å²) in [6.45, 7) is 3.08. The molecular formula is C13H15FN2O3. The minimum absolute atomic E-state index is 0.119. The van der Waals surface area contributed by atoms with Crippen molar-refractivity contribution in [2.24, 2.45) is 11.1 Å². The Kier molecular flexibility index (Phi) is 4.12. The van der Waals surface area contributed by atoms with E-state index in [1.807, 2.05) is 0 Å². The molecule has 5 nitrogen and oxygen atoms in total. The van der Waals surface area contributed by atoms with Crippen LogP contribution in [0.25, 0.3) is 0 Å². The number of nitrogens with two attached hydrogens (primary N) is 1. The zero-order chi connectivity index (χ0) is 14.8. The second-order valence-electron chi connectivity index (χ2n) is 4.66. The van der Waals surface area contributed by atoms with Crippen molar-refractivity contribution in [3.05, 3.63) is 29.1 Å². The monoisotopic (exact) mass is 266 g/mol. The standard InChI is InChI=1S/C13H15FN2O3/c1-13(2,12(18)19-3)11(16)7-4-5-9(14)8(6-15)10(7)17/h4-5,11,17H,16H2,1-3H3/t11-/m1/s1. The molecule has 0 saturated carbocycles. The molecule has 19 heavy (non-hydrogen) atoms. The van der Waals surface area contributed by atoms with Gasteiger partial charge < -0.3 is 15.6 Å². The van der Waals surface area contributed by atoms with Gasteiger partial charge >= 0.3 is 5.97 Å². The van der Waals surface area contributed by atoms with Crippen LogP contribution in [0.3, 0.4) is 0 Å². The fourth-order valence-electron chi connectivity index (χ4n) is 1.72. The van der Waals surface area contributed by atoms with E-state index in [9.17, 15) is 14.3 Å². The SMILES string of the molecule is COC(=O)C(C)(C)[C@H](N)c1ccc(F)c(C#N)c1O. The highest BCUT2D eigenvalue weighted by Gasteiger charge is 2.38. The van der Waals surface area contributed by atoms with E-state index >= 15 is 0 Å². The molecule has 0 aliphatic carbocycles. The molecule has 0 bridgehead atoms. The van der Waals surface area contributed by atoms with Crippen LogP contribution in [0.1, 0.15) is 31.0 Å². The Balaban J connectivity index is 3.33. The topological polar surface area (TPSA) is 96.3 Å². The Hall–Kier alpha value is -2.13. The summed E-state index contributed by atoms with van der Waals surface area (Å²) in [5.74, 6) is -1.96. The number of aromatic hydroxyl groups is 1. The van der Waals surface area contributed by atoms with Gasteiger partial charge in [0.05, 0.1) is 12.5 Å². The molecule has 1 rings (SSSR count). The lowest BCUT2D eigenvalue weighted by molar-refractivity contribution is -0.152. The molecule has 0 amide bonds. The van der Waals surface area contributed by atoms with Crippen LogP contribution in [0.2, 0.25) is 0 Å². The number of nitrogens with zero attached hydrogens (tertiary/aromatic N) is 1. The predicted molar refractivity (Wildman–Crippen MR) is 65.5 cm³/mol. The van der Waals surface area contributed by atoms with Gasteiger partial charge in [0.15, 0.2) is 0 Å². The molecule has 0 aliphatic rings. The first-order valence-corrected chi connectivity index (χ1v) is 5.52. The number of phenolic OH excluding ortho intramolecular Hbond substituents is 1. The van der Waals surface area contributed by atoms with Crippen LogP contribution < -0.4 is 5.73 Å². The van der Waals surface area contributed by atoms with Gasteiger partial charge in [-0.25, -0.2) is 4.39 Å². The van der Waals surface area contributed by atoms with Gasteiger partial charge in [-0.3, -0.25) is 4.79 Å². The number of methoxy groups -OCH3 is 1. The number of phenols is 1. The van der Waals surface area contributed by atoms with E-state index in [0.717, 1.165) is 6.07 Å². The molecule has 0 fully saturated rings. The van der Waals surface area contributed by atoms with Gasteiger partial charge in [-0.15, -0.1) is 0 Å². The van der Waals surface area contributed by atoms with Crippen LogP contribution in [0.5, 0.6) is 5.75 Å². The van der Waals surface area contributed by atoms with Crippen LogP contribution in [0.4, 0.5) is 4.39 Å². The van der Waals surface area contributed by atoms with Gasteiger partial charge in [-0.1, -0.05) is 6.07 Å². The Labute approximate surface area is 110 Å². The summed E-state index contributed by atoms with van der Waals surface area (Å²) < 4.78 is 17.9. The lowest BCUT2D eigenvalue weighted by atomic mass is 9.80. The van der Waals surface area contributed by atoms with E-state index in [-0.39, 0.29) is 5.56 Å². The average Bonchev–Trinajstić information content (AvgIpc) is 2.37. The molecule has 0 heterocycles. The third-order valence-corrected chi connectivity index (χ3v) is 3.09. The summed E-state index contributed by atoms with van der Waals surface area (Å²) in [5.41, 5.74) is 4.43. The summed E-state index contributed by atoms with van der Waals surface area (Å²) in [7, 11) is 1.22. The molecule has 1 aromatic carbocycles. The third-order valence-electron chi connectivity index (χ3n) is 3.09. The zero-order valence-corrected chi connectivity index (χ0v) is 10.9. The molecule has 0 spiro atoms. The molecule has 0 unspecified atom stereocenters. The lowest BCUT2D eigenvalue weighted by Crippen LogP contribution is -2.37. The van der Waals surface area contributed by atoms with Gasteiger partial charge in [0.25, 0.3) is 0 Å². The first-order valence-electron chi connectivity index (χ1n) is 5.52. The van der Waals surface area contributed by atoms with Gasteiger partial charge in [-0.2, -0.15) is 5.26 Å². The molecular weight excluding hydrogens is 251 g/mol. The molecule has 0 aliphatic heterocycles. The summed E-state index contributed by atoms with van der Waals surface area (Å²) in [6, 6.07) is 2.90. The van der Waals surface area contributed by atoms with Crippen molar-refractivity contribution < 1.29 is 19.0 Å². The maximum Gasteiger partial charge on any atom is 0.313 e. The van der Waals surface area contributed by atoms with E-state index < -0.39 is 34.6 Å². The maximum absolute atomic E-state index is 13.3. The number of nitriles is 1. The highest BCUT2D eigenvalue weighted by atomic mass is 19.1. The summed E-state index contributed by atoms with van der Waals surface area (Å²) in [6.07, 6.45) is 0. The molecule has 0 radical (unpaired) electrons. The summed E-state index contributed by atoms with van der Waals surface area (Å²) in [4.78, 5) is 11.7. The second-order valence-corrected chi connectivity index (χ2v) is 4.66. The number of carbonyl (C=O) groups is 1. The van der Waals surface area contributed by atoms with Gasteiger partial charge in [0.2, 0.25) is 0 Å². The Morgan fingerprint density at radius 3 is 2.63 bits per heavy atom. The number of hydrogen-bond acceptors (Lipinski definition) is 5. The number of hydrogen-bond donors (Lipinski definition) is 2. The number of benzene rings is 1. The number of ether oxygens (including phenoxy) is 1. The van der Waals surface area contributed by atoms with Crippen LogP contribution in [0.15, 0.2) is 12.1 Å². The second kappa shape index (κ2) is 5.24. The van der Waals surface area contributed by atoms with Crippen molar-refractivity contribution in [3.63, 3.8) is 0 Å². The van der Waals surface area contributed by atoms with E-state index in [1.54, 1.807) is 19.9 Å². The van der Waals surface area contributed by atoms with E-state index in [1.165, 1.54) is 13.2 Å². The predicted octanol–water partition coefficient (Wildman–Crippen LogP) is 1.60. The molecule has 0 saturated heterocycles. The van der Waals surface area contributed by atoms with Crippen molar-refractivity contribution in [2.75, 3.05) is 7.11 Å². The van der Waals surface area contributed by atoms with Crippen LogP contribution in [-0.2, 0) is 9.53 Å². The van der Waals surface area contributed by atoms with Crippen molar-refractivity contribution in [1.29, 1.82) is 5.26 Å². The lowest BCUT2D eigenvalue weighted by Gasteiger charge is -2.29. The Morgan fingerprint density at radius 2 is 2.16 bits per heavy atom. The number of carbonyl (C=O) groups excluding carboxylic acids is 1. The molecule has 1 atom stereocenters. The van der Waals surface area contributed by atoms with Crippen LogP contribution in [0, 0.1) is 22.6 Å². The van der Waals surface area contributed by atoms with Gasteiger partial charge in [0, 0.05) is 11.6 Å². The fourth-order valence-corrected chi connectivity index (χ4v) is 1.72. The Morgan fingerprint density at radius 1 is 1.58 bits per heavy atom. The molecule has 0 aromatic heterocycles. The normalized spacial score (nSPS) is 12.6. The quantitative estimate of drug-likeness (QED) is 0.810. The third kappa shape index (κ3) is 2.51. The first-order chi connectivity index (χ1) is 8.77. The first kappa shape index (κ1) is 14.9. The van der Waals surface area contributed by atoms with E-state index in [0.29, 0.717) is 0 Å². The average molecular weight is 266 g/mol. The number of esters is 1. The number of halogens is 1. The number of rotatable bonds is 3. The largest absolute Gasteiger partial charge is 0.506 e. The van der Waals surface area contributed by atoms with Gasteiger partial charge in [-0.05, 0) is 19.9 Å². The zero-order valence-electron chi connectivity index (χ0n) is 10.9. The van der Waals surface area contributed by atoms with Gasteiger partial charge in [0.1, 0.15) is 23.2 Å². The van der Waals surface area contributed by atoms with Crippen LogP contribution in [-0.4, -0.2) is 18.2 Å². The smallest absolute Gasteiger partial charge is 0.313 e. The van der Waals surface area contributed by atoms with Crippen molar-refractivity contribution in [3.8, 4) is 11.8 Å². The fraction of sp³-hybridized carbons (Fsp3) is 0.385. The maximum atomic E-state index is 13.3. The minimum Gasteiger partial charge on any atom is -0.506 e. The summed E-state index contributed by atoms with van der Waals surface area (Å²) >= 11 is 0. The highest BCUT2D eigenvalue weighted by molar-refractivity contribution is 5.77. The summed E-state index contributed by atoms with van der Waals surface area (Å²) in [5, 5.41) is 18.6. The Bertz CT molecular complexity index is 550. The highest BCUT2D eigenvalue weighted by Crippen LogP contribution is 2.38. The molecule has 1 aromatic rings. The van der Waals surface area contributed by atoms with E-state index in [2.05, 4.69) is 4.74 Å². The van der Waals surface area contributed by atoms with Crippen molar-refractivity contribution in [2.45, 2.75) is 19.9 Å².